The molecule has 1 unspecified atom stereocenters. The smallest absolute Gasteiger partial charge is 0.403 e. The summed E-state index contributed by atoms with van der Waals surface area (Å²) >= 11 is 5.05. The maximum Gasteiger partial charge on any atom is 0.530 e. The van der Waals surface area contributed by atoms with Crippen LogP contribution in [0.25, 0.3) is 0 Å². The van der Waals surface area contributed by atoms with Gasteiger partial charge in [-0.15, -0.1) is 6.42 Å². The van der Waals surface area contributed by atoms with Gasteiger partial charge in [-0.3, -0.25) is 23.4 Å². The summed E-state index contributed by atoms with van der Waals surface area (Å²) in [5.41, 5.74) is -0.990. The highest BCUT2D eigenvalue weighted by Gasteiger charge is 2.57. The van der Waals surface area contributed by atoms with Crippen molar-refractivity contribution >= 4 is 20.0 Å². The second-order valence-corrected chi connectivity index (χ2v) is 13.7. The molecule has 0 bridgehead atoms. The van der Waals surface area contributed by atoms with Gasteiger partial charge in [-0.2, -0.15) is 0 Å². The van der Waals surface area contributed by atoms with Crippen LogP contribution in [-0.4, -0.2) is 44.4 Å². The molecule has 40 heavy (non-hydrogen) atoms. The van der Waals surface area contributed by atoms with Crippen molar-refractivity contribution < 1.29 is 41.9 Å². The molecule has 0 saturated carbocycles. The second kappa shape index (κ2) is 10.1. The summed E-state index contributed by atoms with van der Waals surface area (Å²) in [5.74, 6) is -1.61. The number of nitrogens with zero attached hydrogens (tertiary/aromatic N) is 1. The average Bonchev–Trinajstić information content (AvgIpc) is 3.06. The van der Waals surface area contributed by atoms with E-state index in [0.29, 0.717) is 11.1 Å². The lowest BCUT2D eigenvalue weighted by molar-refractivity contribution is -0.205. The van der Waals surface area contributed by atoms with Crippen molar-refractivity contribution in [3.63, 3.8) is 0 Å². The van der Waals surface area contributed by atoms with Gasteiger partial charge in [0.1, 0.15) is 35.9 Å². The number of aliphatic hydroxyl groups is 2. The number of aliphatic hydroxyl groups excluding tert-OH is 2. The number of rotatable bonds is 4. The minimum atomic E-state index is -4.56. The Morgan fingerprint density at radius 3 is 2.48 bits per heavy atom. The molecule has 0 amide bonds. The molecule has 4 rings (SSSR count). The van der Waals surface area contributed by atoms with E-state index in [9.17, 15) is 19.6 Å². The van der Waals surface area contributed by atoms with Gasteiger partial charge in [-0.05, 0) is 34.7 Å². The number of terminal acetylenes is 1. The summed E-state index contributed by atoms with van der Waals surface area (Å²) in [7, 11) is -4.56. The zero-order valence-electron chi connectivity index (χ0n) is 22.8. The van der Waals surface area contributed by atoms with Crippen LogP contribution in [0.3, 0.4) is 0 Å². The monoisotopic (exact) mass is 600 g/mol. The van der Waals surface area contributed by atoms with E-state index in [4.69, 9.17) is 36.9 Å². The molecule has 1 aromatic heterocycles. The van der Waals surface area contributed by atoms with Crippen LogP contribution in [0.4, 0.5) is 8.78 Å². The maximum absolute atomic E-state index is 15.8. The van der Waals surface area contributed by atoms with Gasteiger partial charge in [-0.25, -0.2) is 13.3 Å². The minimum Gasteiger partial charge on any atom is -0.403 e. The SMILES string of the molecule is C#Cc1cn([C@@H]2O[C@](F)(COP3(=O)OCc4c(F)c(C(C)(C)C)cc(C(C)(C)C)c4O3)[C@@H](O)[C@H]2O)c(=S)[nH]c1=O. The van der Waals surface area contributed by atoms with E-state index in [0.717, 1.165) is 10.8 Å². The van der Waals surface area contributed by atoms with Gasteiger partial charge in [0.25, 0.3) is 11.4 Å². The number of benzene rings is 1. The summed E-state index contributed by atoms with van der Waals surface area (Å²) in [6.07, 6.45) is 0.618. The van der Waals surface area contributed by atoms with Gasteiger partial charge in [0, 0.05) is 11.8 Å². The highest BCUT2D eigenvalue weighted by Crippen LogP contribution is 2.58. The van der Waals surface area contributed by atoms with Gasteiger partial charge < -0.3 is 19.5 Å². The van der Waals surface area contributed by atoms with Crippen LogP contribution in [0, 0.1) is 22.9 Å². The van der Waals surface area contributed by atoms with Crippen LogP contribution in [0.1, 0.15) is 70.0 Å². The van der Waals surface area contributed by atoms with Crippen molar-refractivity contribution in [1.82, 2.24) is 9.55 Å². The number of H-pyrrole nitrogens is 1. The van der Waals surface area contributed by atoms with Crippen molar-refractivity contribution in [3.05, 3.63) is 55.5 Å². The number of phosphoric ester groups is 1. The quantitative estimate of drug-likeness (QED) is 0.267. The Labute approximate surface area is 234 Å². The Kier molecular flexibility index (Phi) is 7.73. The molecule has 2 aliphatic heterocycles. The molecule has 3 N–H and O–H groups in total. The predicted octanol–water partition coefficient (Wildman–Crippen LogP) is 4.27. The number of ether oxygens (including phenoxy) is 1. The second-order valence-electron chi connectivity index (χ2n) is 11.8. The average molecular weight is 601 g/mol. The molecular formula is C26H31F2N2O8PS. The Bertz CT molecular complexity index is 1550. The van der Waals surface area contributed by atoms with Crippen LogP contribution in [0.2, 0.25) is 0 Å². The molecule has 0 radical (unpaired) electrons. The number of alkyl halides is 1. The van der Waals surface area contributed by atoms with E-state index < -0.39 is 67.5 Å². The van der Waals surface area contributed by atoms with Crippen molar-refractivity contribution in [2.24, 2.45) is 0 Å². The van der Waals surface area contributed by atoms with E-state index in [2.05, 4.69) is 10.9 Å². The third-order valence-corrected chi connectivity index (χ3v) is 8.30. The van der Waals surface area contributed by atoms with E-state index >= 15 is 8.78 Å². The summed E-state index contributed by atoms with van der Waals surface area (Å²) in [6.45, 7) is 9.47. The molecule has 5 atom stereocenters. The summed E-state index contributed by atoms with van der Waals surface area (Å²) in [5, 5.41) is 21.0. The van der Waals surface area contributed by atoms with Gasteiger partial charge >= 0.3 is 7.82 Å². The maximum atomic E-state index is 15.8. The number of hydrogen-bond acceptors (Lipinski definition) is 9. The van der Waals surface area contributed by atoms with E-state index in [1.807, 2.05) is 41.5 Å². The molecule has 2 aromatic rings. The fourth-order valence-electron chi connectivity index (χ4n) is 4.42. The lowest BCUT2D eigenvalue weighted by Crippen LogP contribution is -2.43. The van der Waals surface area contributed by atoms with Crippen molar-refractivity contribution in [2.75, 3.05) is 6.61 Å². The summed E-state index contributed by atoms with van der Waals surface area (Å²) in [6, 6.07) is 1.64. The van der Waals surface area contributed by atoms with Gasteiger partial charge in [0.05, 0.1) is 12.2 Å². The molecule has 1 saturated heterocycles. The molecule has 10 nitrogen and oxygen atoms in total. The third kappa shape index (κ3) is 5.42. The first-order valence-electron chi connectivity index (χ1n) is 12.3. The van der Waals surface area contributed by atoms with Gasteiger partial charge in [-0.1, -0.05) is 47.5 Å². The zero-order chi connectivity index (χ0) is 30.0. The van der Waals surface area contributed by atoms with Crippen molar-refractivity contribution in [2.45, 2.75) is 83.3 Å². The number of phosphoric acid groups is 1. The minimum absolute atomic E-state index is 0.0346. The number of fused-ring (bicyclic) bond motifs is 1. The zero-order valence-corrected chi connectivity index (χ0v) is 24.5. The fourth-order valence-corrected chi connectivity index (χ4v) is 5.90. The highest BCUT2D eigenvalue weighted by atomic mass is 32.1. The highest BCUT2D eigenvalue weighted by molar-refractivity contribution is 7.71. The molecule has 0 spiro atoms. The normalized spacial score (nSPS) is 28.6. The topological polar surface area (TPSA) is 132 Å². The Morgan fingerprint density at radius 1 is 1.27 bits per heavy atom. The molecular weight excluding hydrogens is 569 g/mol. The molecule has 2 aliphatic rings. The van der Waals surface area contributed by atoms with Crippen molar-refractivity contribution in [3.8, 4) is 18.1 Å². The predicted molar refractivity (Wildman–Crippen MR) is 143 cm³/mol. The molecule has 1 fully saturated rings. The summed E-state index contributed by atoms with van der Waals surface area (Å²) < 4.78 is 66.8. The molecule has 0 aliphatic carbocycles. The number of aromatic amines is 1. The largest absolute Gasteiger partial charge is 0.530 e. The molecule has 3 heterocycles. The van der Waals surface area contributed by atoms with Gasteiger partial charge in [0.15, 0.2) is 11.0 Å². The van der Waals surface area contributed by atoms with Crippen LogP contribution in [-0.2, 0) is 35.8 Å². The standard InChI is InChI=1S/C26H31F2N2O8PS/c1-8-13-10-30(23(40)29-21(13)33)22-18(31)20(32)26(28,37-22)12-36-39(34)35-11-14-17(27)15(24(2,3)4)9-16(19(14)38-39)25(5,6)7/h1,9-10,18,20,22,31-32H,11-12H2,2-7H3,(H,29,33,40)/t18-,20+,22-,26-,39?/m1/s1. The Hall–Kier alpha value is -2.43. The number of aromatic nitrogens is 2. The van der Waals surface area contributed by atoms with Crippen LogP contribution in [0.15, 0.2) is 17.1 Å². The number of halogens is 2. The number of hydrogen-bond donors (Lipinski definition) is 3. The van der Waals surface area contributed by atoms with E-state index in [1.165, 1.54) is 0 Å². The lowest BCUT2D eigenvalue weighted by atomic mass is 9.78. The fraction of sp³-hybridized carbons (Fsp3) is 0.538. The van der Waals surface area contributed by atoms with Crippen LogP contribution < -0.4 is 10.1 Å². The van der Waals surface area contributed by atoms with E-state index in [1.54, 1.807) is 6.07 Å². The molecule has 14 heteroatoms. The molecule has 218 valence electrons. The lowest BCUT2D eigenvalue weighted by Gasteiger charge is -2.34. The Morgan fingerprint density at radius 2 is 1.90 bits per heavy atom. The van der Waals surface area contributed by atoms with E-state index in [-0.39, 0.29) is 21.6 Å². The third-order valence-electron chi connectivity index (χ3n) is 6.69. The van der Waals surface area contributed by atoms with Gasteiger partial charge in [0.2, 0.25) is 0 Å². The first kappa shape index (κ1) is 30.5. The molecule has 1 aromatic carbocycles. The van der Waals surface area contributed by atoms with Crippen LogP contribution >= 0.6 is 20.0 Å². The Balaban J connectivity index is 1.62. The van der Waals surface area contributed by atoms with Crippen molar-refractivity contribution in [1.29, 1.82) is 0 Å². The first-order chi connectivity index (χ1) is 18.3. The number of nitrogens with one attached hydrogen (secondary N) is 1. The van der Waals surface area contributed by atoms with Crippen LogP contribution in [0.5, 0.6) is 5.75 Å². The first-order valence-corrected chi connectivity index (χ1v) is 14.2. The summed E-state index contributed by atoms with van der Waals surface area (Å²) in [4.78, 5) is 14.1.